The van der Waals surface area contributed by atoms with Gasteiger partial charge in [0.15, 0.2) is 0 Å². The molecule has 0 atom stereocenters. The number of imidazole rings is 1. The molecule has 0 aliphatic rings. The van der Waals surface area contributed by atoms with Gasteiger partial charge in [-0.2, -0.15) is 0 Å². The van der Waals surface area contributed by atoms with E-state index in [4.69, 9.17) is 4.11 Å². The van der Waals surface area contributed by atoms with Crippen molar-refractivity contribution < 1.29 is 4.11 Å². The quantitative estimate of drug-likeness (QED) is 0.604. The second-order valence-electron chi connectivity index (χ2n) is 3.63. The largest absolute Gasteiger partial charge is 0.327 e. The maximum Gasteiger partial charge on any atom is 0.140 e. The molecule has 0 amide bonds. The van der Waals surface area contributed by atoms with Crippen LogP contribution in [-0.4, -0.2) is 9.55 Å². The van der Waals surface area contributed by atoms with Gasteiger partial charge in [-0.25, -0.2) is 4.98 Å². The van der Waals surface area contributed by atoms with E-state index in [-0.39, 0.29) is 0 Å². The average Bonchev–Trinajstić information content (AvgIpc) is 2.79. The number of para-hydroxylation sites is 2. The first-order valence-corrected chi connectivity index (χ1v) is 5.11. The van der Waals surface area contributed by atoms with Crippen molar-refractivity contribution in [2.24, 2.45) is 6.98 Å². The van der Waals surface area contributed by atoms with Crippen molar-refractivity contribution in [2.45, 2.75) is 0 Å². The SMILES string of the molecule is [2H]C([2H])([2H])n1c(-c2ccccc2)nc2ccccc21. The van der Waals surface area contributed by atoms with Crippen LogP contribution in [0.4, 0.5) is 0 Å². The molecule has 0 unspecified atom stereocenters. The molecule has 0 radical (unpaired) electrons. The summed E-state index contributed by atoms with van der Waals surface area (Å²) in [5.74, 6) is 0.474. The van der Waals surface area contributed by atoms with E-state index >= 15 is 0 Å². The molecule has 78 valence electrons. The molecule has 0 saturated heterocycles. The molecule has 3 aromatic rings. The fraction of sp³-hybridized carbons (Fsp3) is 0.0714. The third-order valence-electron chi connectivity index (χ3n) is 2.59. The zero-order valence-corrected chi connectivity index (χ0v) is 8.59. The van der Waals surface area contributed by atoms with E-state index in [1.165, 1.54) is 4.57 Å². The molecule has 0 aliphatic carbocycles. The van der Waals surface area contributed by atoms with E-state index in [1.54, 1.807) is 6.07 Å². The summed E-state index contributed by atoms with van der Waals surface area (Å²) >= 11 is 0. The van der Waals surface area contributed by atoms with Gasteiger partial charge < -0.3 is 4.57 Å². The zero-order chi connectivity index (χ0) is 13.5. The smallest absolute Gasteiger partial charge is 0.140 e. The molecular formula is C14H12N2. The van der Waals surface area contributed by atoms with Gasteiger partial charge >= 0.3 is 0 Å². The standard InChI is InChI=1S/C14H12N2/c1-16-13-10-6-5-9-12(13)15-14(16)11-7-3-2-4-8-11/h2-10H,1H3/i1D3. The van der Waals surface area contributed by atoms with Crippen molar-refractivity contribution >= 4 is 11.0 Å². The van der Waals surface area contributed by atoms with Crippen molar-refractivity contribution in [2.75, 3.05) is 0 Å². The van der Waals surface area contributed by atoms with Crippen LogP contribution in [0.1, 0.15) is 4.11 Å². The van der Waals surface area contributed by atoms with E-state index in [0.29, 0.717) is 16.9 Å². The summed E-state index contributed by atoms with van der Waals surface area (Å²) in [5, 5.41) is 0. The Morgan fingerprint density at radius 2 is 1.75 bits per heavy atom. The zero-order valence-electron chi connectivity index (χ0n) is 11.6. The van der Waals surface area contributed by atoms with Gasteiger partial charge in [0, 0.05) is 16.7 Å². The topological polar surface area (TPSA) is 17.8 Å². The van der Waals surface area contributed by atoms with Gasteiger partial charge in [0.2, 0.25) is 0 Å². The molecule has 0 fully saturated rings. The number of aromatic nitrogens is 2. The lowest BCUT2D eigenvalue weighted by molar-refractivity contribution is 0.959. The number of rotatable bonds is 1. The molecular weight excluding hydrogens is 196 g/mol. The van der Waals surface area contributed by atoms with Crippen molar-refractivity contribution in [3.05, 3.63) is 54.6 Å². The highest BCUT2D eigenvalue weighted by Crippen LogP contribution is 2.22. The van der Waals surface area contributed by atoms with E-state index in [1.807, 2.05) is 48.5 Å². The fourth-order valence-corrected chi connectivity index (χ4v) is 1.81. The molecule has 1 aromatic heterocycles. The van der Waals surface area contributed by atoms with Gasteiger partial charge in [-0.1, -0.05) is 42.5 Å². The average molecular weight is 211 g/mol. The number of hydrogen-bond donors (Lipinski definition) is 0. The van der Waals surface area contributed by atoms with Crippen LogP contribution in [0.25, 0.3) is 22.4 Å². The number of benzene rings is 2. The molecule has 16 heavy (non-hydrogen) atoms. The third kappa shape index (κ3) is 1.31. The van der Waals surface area contributed by atoms with Gasteiger partial charge in [-0.15, -0.1) is 0 Å². The maximum absolute atomic E-state index is 7.72. The summed E-state index contributed by atoms with van der Waals surface area (Å²) in [6, 6.07) is 16.6. The first-order chi connectivity index (χ1) is 9.07. The lowest BCUT2D eigenvalue weighted by Crippen LogP contribution is -1.91. The molecule has 2 nitrogen and oxygen atoms in total. The Labute approximate surface area is 98.4 Å². The van der Waals surface area contributed by atoms with Gasteiger partial charge in [-0.05, 0) is 12.1 Å². The van der Waals surface area contributed by atoms with E-state index in [2.05, 4.69) is 4.98 Å². The summed E-state index contributed by atoms with van der Waals surface area (Å²) in [6.45, 7) is -2.25. The first-order valence-electron chi connectivity index (χ1n) is 6.61. The molecule has 0 bridgehead atoms. The highest BCUT2D eigenvalue weighted by molar-refractivity contribution is 5.80. The number of nitrogens with zero attached hydrogens (tertiary/aromatic N) is 2. The minimum Gasteiger partial charge on any atom is -0.327 e. The lowest BCUT2D eigenvalue weighted by atomic mass is 10.2. The minimum absolute atomic E-state index is 0.474. The van der Waals surface area contributed by atoms with E-state index in [0.717, 1.165) is 5.56 Å². The second-order valence-corrected chi connectivity index (χ2v) is 3.63. The van der Waals surface area contributed by atoms with Gasteiger partial charge in [0.25, 0.3) is 0 Å². The molecule has 0 saturated carbocycles. The number of fused-ring (bicyclic) bond motifs is 1. The number of hydrogen-bond acceptors (Lipinski definition) is 1. The predicted octanol–water partition coefficient (Wildman–Crippen LogP) is 3.24. The van der Waals surface area contributed by atoms with Gasteiger partial charge in [-0.3, -0.25) is 0 Å². The highest BCUT2D eigenvalue weighted by atomic mass is 15.1. The summed E-state index contributed by atoms with van der Waals surface area (Å²) in [4.78, 5) is 4.45. The van der Waals surface area contributed by atoms with Crippen LogP contribution >= 0.6 is 0 Å². The lowest BCUT2D eigenvalue weighted by Gasteiger charge is -2.01. The predicted molar refractivity (Wildman–Crippen MR) is 66.2 cm³/mol. The van der Waals surface area contributed by atoms with Gasteiger partial charge in [0.05, 0.1) is 11.0 Å². The van der Waals surface area contributed by atoms with Gasteiger partial charge in [0.1, 0.15) is 5.82 Å². The van der Waals surface area contributed by atoms with Crippen molar-refractivity contribution in [3.63, 3.8) is 0 Å². The van der Waals surface area contributed by atoms with E-state index in [9.17, 15) is 0 Å². The van der Waals surface area contributed by atoms with Crippen LogP contribution in [0.2, 0.25) is 0 Å². The first kappa shape index (κ1) is 6.48. The normalized spacial score (nSPS) is 14.4. The molecule has 2 heteroatoms. The Bertz CT molecular complexity index is 714. The Morgan fingerprint density at radius 1 is 1.00 bits per heavy atom. The number of aryl methyl sites for hydroxylation is 1. The monoisotopic (exact) mass is 211 g/mol. The fourth-order valence-electron chi connectivity index (χ4n) is 1.81. The van der Waals surface area contributed by atoms with Crippen LogP contribution in [0.3, 0.4) is 0 Å². The summed E-state index contributed by atoms with van der Waals surface area (Å²) < 4.78 is 24.5. The Morgan fingerprint density at radius 3 is 2.56 bits per heavy atom. The summed E-state index contributed by atoms with van der Waals surface area (Å²) in [5.41, 5.74) is 2.12. The second kappa shape index (κ2) is 3.49. The summed E-state index contributed by atoms with van der Waals surface area (Å²) in [6.07, 6.45) is 0. The van der Waals surface area contributed by atoms with Crippen LogP contribution in [0.15, 0.2) is 54.6 Å². The van der Waals surface area contributed by atoms with Crippen LogP contribution in [0, 0.1) is 0 Å². The van der Waals surface area contributed by atoms with Crippen LogP contribution in [-0.2, 0) is 6.98 Å². The molecule has 0 N–H and O–H groups in total. The molecule has 3 rings (SSSR count). The van der Waals surface area contributed by atoms with Crippen LogP contribution < -0.4 is 0 Å². The Hall–Kier alpha value is -2.09. The van der Waals surface area contributed by atoms with E-state index < -0.39 is 6.98 Å². The third-order valence-corrected chi connectivity index (χ3v) is 2.59. The molecule has 0 aliphatic heterocycles. The summed E-state index contributed by atoms with van der Waals surface area (Å²) in [7, 11) is 0. The Balaban J connectivity index is 2.36. The van der Waals surface area contributed by atoms with Crippen molar-refractivity contribution in [1.82, 2.24) is 9.55 Å². The molecule has 2 aromatic carbocycles. The Kier molecular flexibility index (Phi) is 1.41. The minimum atomic E-state index is -2.25. The van der Waals surface area contributed by atoms with Crippen LogP contribution in [0.5, 0.6) is 0 Å². The van der Waals surface area contributed by atoms with Crippen molar-refractivity contribution in [3.8, 4) is 11.4 Å². The highest BCUT2D eigenvalue weighted by Gasteiger charge is 2.07. The molecule has 0 spiro atoms. The van der Waals surface area contributed by atoms with Crippen molar-refractivity contribution in [1.29, 1.82) is 0 Å². The maximum atomic E-state index is 7.72. The molecule has 1 heterocycles.